The Hall–Kier alpha value is -2.04. The van der Waals surface area contributed by atoms with Gasteiger partial charge in [-0.05, 0) is 6.07 Å². The number of amides is 3. The van der Waals surface area contributed by atoms with E-state index in [0.29, 0.717) is 6.54 Å². The minimum absolute atomic E-state index is 0.126. The predicted octanol–water partition coefficient (Wildman–Crippen LogP) is 0.831. The van der Waals surface area contributed by atoms with Crippen LogP contribution < -0.4 is 5.32 Å². The van der Waals surface area contributed by atoms with Gasteiger partial charge in [0.05, 0.1) is 6.54 Å². The molecular weight excluding hydrogens is 218 g/mol. The van der Waals surface area contributed by atoms with E-state index in [1.54, 1.807) is 19.0 Å². The van der Waals surface area contributed by atoms with E-state index >= 15 is 0 Å². The van der Waals surface area contributed by atoms with E-state index in [4.69, 9.17) is 0 Å². The number of likely N-dealkylation sites (N-methyl/N-ethyl adjacent to an activating group) is 2. The molecule has 1 spiro atoms. The third-order valence-corrected chi connectivity index (χ3v) is 3.65. The van der Waals surface area contributed by atoms with Crippen LogP contribution in [0.4, 0.5) is 10.5 Å². The molecule has 5 heteroatoms. The maximum atomic E-state index is 12.2. The van der Waals surface area contributed by atoms with Crippen molar-refractivity contribution in [1.29, 1.82) is 0 Å². The molecule has 0 aliphatic carbocycles. The highest BCUT2D eigenvalue weighted by Gasteiger charge is 2.57. The van der Waals surface area contributed by atoms with E-state index in [-0.39, 0.29) is 11.9 Å². The first kappa shape index (κ1) is 10.1. The van der Waals surface area contributed by atoms with Gasteiger partial charge < -0.3 is 15.1 Å². The van der Waals surface area contributed by atoms with Crippen molar-refractivity contribution in [3.63, 3.8) is 0 Å². The van der Waals surface area contributed by atoms with Gasteiger partial charge >= 0.3 is 6.03 Å². The fraction of sp³-hybridized carbons (Fsp3) is 0.333. The maximum absolute atomic E-state index is 12.2. The van der Waals surface area contributed by atoms with Crippen LogP contribution in [0.1, 0.15) is 5.56 Å². The molecule has 1 unspecified atom stereocenters. The molecule has 2 aliphatic rings. The van der Waals surface area contributed by atoms with Crippen molar-refractivity contribution in [2.24, 2.45) is 0 Å². The van der Waals surface area contributed by atoms with Gasteiger partial charge in [0.2, 0.25) is 0 Å². The Balaban J connectivity index is 2.21. The van der Waals surface area contributed by atoms with Gasteiger partial charge in [0.25, 0.3) is 5.91 Å². The number of nitrogens with zero attached hydrogens (tertiary/aromatic N) is 2. The predicted molar refractivity (Wildman–Crippen MR) is 62.5 cm³/mol. The smallest absolute Gasteiger partial charge is 0.320 e. The average molecular weight is 231 g/mol. The molecule has 1 atom stereocenters. The number of carbonyl (C=O) groups is 2. The van der Waals surface area contributed by atoms with Crippen molar-refractivity contribution in [1.82, 2.24) is 9.80 Å². The summed E-state index contributed by atoms with van der Waals surface area (Å²) >= 11 is 0. The fourth-order valence-electron chi connectivity index (χ4n) is 2.73. The Morgan fingerprint density at radius 1 is 1.24 bits per heavy atom. The second kappa shape index (κ2) is 3.00. The topological polar surface area (TPSA) is 52.7 Å². The lowest BCUT2D eigenvalue weighted by molar-refractivity contribution is -0.124. The minimum Gasteiger partial charge on any atom is -0.324 e. The Kier molecular flexibility index (Phi) is 1.79. The molecule has 0 saturated carbocycles. The van der Waals surface area contributed by atoms with Crippen LogP contribution in [0.15, 0.2) is 24.3 Å². The van der Waals surface area contributed by atoms with E-state index < -0.39 is 5.54 Å². The van der Waals surface area contributed by atoms with E-state index in [0.717, 1.165) is 11.3 Å². The lowest BCUT2D eigenvalue weighted by Gasteiger charge is -2.27. The molecule has 1 saturated heterocycles. The first-order chi connectivity index (χ1) is 8.07. The molecule has 5 nitrogen and oxygen atoms in total. The summed E-state index contributed by atoms with van der Waals surface area (Å²) in [6.07, 6.45) is 0. The van der Waals surface area contributed by atoms with E-state index in [2.05, 4.69) is 5.32 Å². The number of benzene rings is 1. The summed E-state index contributed by atoms with van der Waals surface area (Å²) in [6, 6.07) is 7.39. The average Bonchev–Trinajstić information content (AvgIpc) is 2.72. The van der Waals surface area contributed by atoms with E-state index in [9.17, 15) is 9.59 Å². The SMILES string of the molecule is CN1CC2(C(=O)Nc3ccccc32)N(C)C1=O. The molecule has 1 fully saturated rings. The molecule has 0 radical (unpaired) electrons. The zero-order valence-corrected chi connectivity index (χ0v) is 9.73. The van der Waals surface area contributed by atoms with Crippen LogP contribution in [0.25, 0.3) is 0 Å². The third kappa shape index (κ3) is 1.03. The van der Waals surface area contributed by atoms with Crippen LogP contribution in [0.2, 0.25) is 0 Å². The standard InChI is InChI=1S/C12H13N3O2/c1-14-7-12(15(2)11(14)17)8-5-3-4-6-9(8)13-10(12)16/h3-6H,7H2,1-2H3,(H,13,16). The third-order valence-electron chi connectivity index (χ3n) is 3.65. The van der Waals surface area contributed by atoms with E-state index in [1.165, 1.54) is 4.90 Å². The summed E-state index contributed by atoms with van der Waals surface area (Å²) in [5, 5.41) is 2.84. The number of hydrogen-bond donors (Lipinski definition) is 1. The van der Waals surface area contributed by atoms with Crippen molar-refractivity contribution in [2.45, 2.75) is 5.54 Å². The molecule has 3 amide bonds. The maximum Gasteiger partial charge on any atom is 0.320 e. The van der Waals surface area contributed by atoms with Crippen LogP contribution >= 0.6 is 0 Å². The molecule has 17 heavy (non-hydrogen) atoms. The number of rotatable bonds is 0. The monoisotopic (exact) mass is 231 g/mol. The van der Waals surface area contributed by atoms with Crippen molar-refractivity contribution in [3.8, 4) is 0 Å². The second-order valence-corrected chi connectivity index (χ2v) is 4.56. The first-order valence-corrected chi connectivity index (χ1v) is 5.47. The van der Waals surface area contributed by atoms with Gasteiger partial charge in [-0.2, -0.15) is 0 Å². The number of fused-ring (bicyclic) bond motifs is 2. The van der Waals surface area contributed by atoms with Gasteiger partial charge in [-0.25, -0.2) is 4.79 Å². The number of para-hydroxylation sites is 1. The molecule has 0 bridgehead atoms. The molecule has 2 aliphatic heterocycles. The number of urea groups is 1. The summed E-state index contributed by atoms with van der Waals surface area (Å²) in [5.41, 5.74) is 0.820. The fourth-order valence-corrected chi connectivity index (χ4v) is 2.73. The number of anilines is 1. The Labute approximate surface area is 99.0 Å². The molecular formula is C12H13N3O2. The highest BCUT2D eigenvalue weighted by molar-refractivity contribution is 6.09. The molecule has 88 valence electrons. The van der Waals surface area contributed by atoms with Crippen LogP contribution in [0.5, 0.6) is 0 Å². The molecule has 1 aromatic rings. The van der Waals surface area contributed by atoms with Crippen LogP contribution in [-0.2, 0) is 10.3 Å². The summed E-state index contributed by atoms with van der Waals surface area (Å²) in [6.45, 7) is 0.394. The Bertz CT molecular complexity index is 528. The molecule has 1 aromatic carbocycles. The van der Waals surface area contributed by atoms with Crippen molar-refractivity contribution < 1.29 is 9.59 Å². The summed E-state index contributed by atoms with van der Waals surface area (Å²) in [7, 11) is 3.38. The quantitative estimate of drug-likeness (QED) is 0.719. The summed E-state index contributed by atoms with van der Waals surface area (Å²) < 4.78 is 0. The van der Waals surface area contributed by atoms with Gasteiger partial charge in [-0.3, -0.25) is 4.79 Å². The van der Waals surface area contributed by atoms with Crippen LogP contribution in [-0.4, -0.2) is 42.4 Å². The number of hydrogen-bond acceptors (Lipinski definition) is 2. The van der Waals surface area contributed by atoms with Crippen molar-refractivity contribution in [3.05, 3.63) is 29.8 Å². The summed E-state index contributed by atoms with van der Waals surface area (Å²) in [4.78, 5) is 27.2. The largest absolute Gasteiger partial charge is 0.324 e. The van der Waals surface area contributed by atoms with Gasteiger partial charge in [0.15, 0.2) is 5.54 Å². The normalized spacial score (nSPS) is 26.7. The lowest BCUT2D eigenvalue weighted by Crippen LogP contribution is -2.47. The molecule has 2 heterocycles. The Morgan fingerprint density at radius 2 is 1.94 bits per heavy atom. The summed E-state index contributed by atoms with van der Waals surface area (Å²) in [5.74, 6) is -0.126. The molecule has 0 aromatic heterocycles. The Morgan fingerprint density at radius 3 is 2.59 bits per heavy atom. The molecule has 3 rings (SSSR count). The highest BCUT2D eigenvalue weighted by atomic mass is 16.2. The van der Waals surface area contributed by atoms with Gasteiger partial charge in [0.1, 0.15) is 0 Å². The lowest BCUT2D eigenvalue weighted by atomic mass is 9.91. The van der Waals surface area contributed by atoms with Gasteiger partial charge in [0, 0.05) is 25.3 Å². The minimum atomic E-state index is -0.859. The van der Waals surface area contributed by atoms with Gasteiger partial charge in [-0.15, -0.1) is 0 Å². The highest BCUT2D eigenvalue weighted by Crippen LogP contribution is 2.43. The van der Waals surface area contributed by atoms with Crippen LogP contribution in [0, 0.1) is 0 Å². The van der Waals surface area contributed by atoms with Crippen LogP contribution in [0.3, 0.4) is 0 Å². The molecule has 1 N–H and O–H groups in total. The van der Waals surface area contributed by atoms with Crippen molar-refractivity contribution >= 4 is 17.6 Å². The van der Waals surface area contributed by atoms with E-state index in [1.807, 2.05) is 24.3 Å². The van der Waals surface area contributed by atoms with Crippen molar-refractivity contribution in [2.75, 3.05) is 26.0 Å². The zero-order valence-electron chi connectivity index (χ0n) is 9.73. The second-order valence-electron chi connectivity index (χ2n) is 4.56. The number of nitrogens with one attached hydrogen (secondary N) is 1. The van der Waals surface area contributed by atoms with Gasteiger partial charge in [-0.1, -0.05) is 18.2 Å². The number of carbonyl (C=O) groups excluding carboxylic acids is 2. The first-order valence-electron chi connectivity index (χ1n) is 5.47. The zero-order chi connectivity index (χ0) is 12.2.